The van der Waals surface area contributed by atoms with Gasteiger partial charge in [-0.3, -0.25) is 4.68 Å². The van der Waals surface area contributed by atoms with Crippen molar-refractivity contribution in [1.29, 1.82) is 0 Å². The molecule has 10 nitrogen and oxygen atoms in total. The fraction of sp³-hybridized carbons (Fsp3) is 0.593. The van der Waals surface area contributed by atoms with E-state index in [1.165, 1.54) is 11.1 Å². The number of nitrogens with zero attached hydrogens (tertiary/aromatic N) is 5. The van der Waals surface area contributed by atoms with Gasteiger partial charge in [0.2, 0.25) is 5.95 Å². The third kappa shape index (κ3) is 5.66. The molecule has 1 aromatic carbocycles. The van der Waals surface area contributed by atoms with E-state index in [9.17, 15) is 5.11 Å². The number of methoxy groups -OCH3 is 1. The van der Waals surface area contributed by atoms with Crippen LogP contribution in [0.15, 0.2) is 18.3 Å². The molecule has 3 aromatic rings. The molecular formula is C27H39N7O3. The van der Waals surface area contributed by atoms with Crippen LogP contribution in [0.4, 0.5) is 11.8 Å². The number of aliphatic hydroxyl groups is 1. The number of nitrogens with one attached hydrogen (secondary N) is 1. The third-order valence-electron chi connectivity index (χ3n) is 7.46. The van der Waals surface area contributed by atoms with Crippen LogP contribution in [0.25, 0.3) is 11.0 Å². The summed E-state index contributed by atoms with van der Waals surface area (Å²) in [6, 6.07) is 4.90. The highest BCUT2D eigenvalue weighted by molar-refractivity contribution is 5.86. The van der Waals surface area contributed by atoms with Crippen LogP contribution in [-0.2, 0) is 24.2 Å². The van der Waals surface area contributed by atoms with E-state index < -0.39 is 0 Å². The predicted molar refractivity (Wildman–Crippen MR) is 144 cm³/mol. The zero-order valence-electron chi connectivity index (χ0n) is 21.9. The average molecular weight is 510 g/mol. The van der Waals surface area contributed by atoms with Crippen LogP contribution in [0.3, 0.4) is 0 Å². The summed E-state index contributed by atoms with van der Waals surface area (Å²) < 4.78 is 13.5. The first kappa shape index (κ1) is 25.7. The lowest BCUT2D eigenvalue weighted by molar-refractivity contribution is 0.0169. The van der Waals surface area contributed by atoms with Crippen molar-refractivity contribution in [3.05, 3.63) is 35.0 Å². The molecule has 4 N–H and O–H groups in total. The molecule has 2 aliphatic rings. The molecule has 2 aromatic heterocycles. The molecule has 3 heterocycles. The highest BCUT2D eigenvalue weighted by Gasteiger charge is 2.29. The lowest BCUT2D eigenvalue weighted by Gasteiger charge is -2.35. The zero-order chi connectivity index (χ0) is 25.8. The Kier molecular flexibility index (Phi) is 8.07. The molecular weight excluding hydrogens is 470 g/mol. The van der Waals surface area contributed by atoms with Crippen LogP contribution in [0.1, 0.15) is 55.7 Å². The monoisotopic (exact) mass is 509 g/mol. The van der Waals surface area contributed by atoms with Crippen molar-refractivity contribution in [2.24, 2.45) is 0 Å². The van der Waals surface area contributed by atoms with Gasteiger partial charge in [0.05, 0.1) is 32.1 Å². The number of aliphatic hydroxyl groups excluding tert-OH is 1. The van der Waals surface area contributed by atoms with Gasteiger partial charge in [-0.25, -0.2) is 4.98 Å². The van der Waals surface area contributed by atoms with Crippen molar-refractivity contribution in [1.82, 2.24) is 25.1 Å². The fourth-order valence-corrected chi connectivity index (χ4v) is 5.29. The predicted octanol–water partition coefficient (Wildman–Crippen LogP) is 2.65. The van der Waals surface area contributed by atoms with Crippen molar-refractivity contribution < 1.29 is 14.6 Å². The third-order valence-corrected chi connectivity index (χ3v) is 7.46. The van der Waals surface area contributed by atoms with Crippen LogP contribution in [0, 0.1) is 0 Å². The van der Waals surface area contributed by atoms with Crippen molar-refractivity contribution in [3.8, 4) is 5.75 Å². The topological polar surface area (TPSA) is 124 Å². The summed E-state index contributed by atoms with van der Waals surface area (Å²) in [5.74, 6) is 1.88. The molecule has 0 spiro atoms. The van der Waals surface area contributed by atoms with E-state index in [0.717, 1.165) is 69.5 Å². The molecule has 0 saturated heterocycles. The van der Waals surface area contributed by atoms with Gasteiger partial charge < -0.3 is 30.5 Å². The fourth-order valence-electron chi connectivity index (χ4n) is 5.29. The summed E-state index contributed by atoms with van der Waals surface area (Å²) in [7, 11) is 1.79. The summed E-state index contributed by atoms with van der Waals surface area (Å²) in [6.45, 7) is 5.57. The Hall–Kier alpha value is -2.95. The standard InChI is InChI=1S/C27H39N7O3/c1-3-4-9-33(10-11-35)26-24-23(30-27(28)31-26)17-34(32-24)16-19-8-7-18(22-6-5-12-37-25(19)22)15-29-20-13-21(14-20)36-2/h7-8,17,20-21,29,35H,3-6,9-16H2,1-2H3,(H2,28,30). The van der Waals surface area contributed by atoms with Gasteiger partial charge in [0.25, 0.3) is 0 Å². The number of benzene rings is 1. The van der Waals surface area contributed by atoms with Crippen LogP contribution < -0.4 is 20.7 Å². The smallest absolute Gasteiger partial charge is 0.222 e. The van der Waals surface area contributed by atoms with Crippen molar-refractivity contribution in [3.63, 3.8) is 0 Å². The first-order valence-corrected chi connectivity index (χ1v) is 13.5. The number of unbranched alkanes of at least 4 members (excludes halogenated alkanes) is 1. The van der Waals surface area contributed by atoms with Gasteiger partial charge in [-0.2, -0.15) is 10.1 Å². The van der Waals surface area contributed by atoms with Crippen molar-refractivity contribution in [2.75, 3.05) is 44.0 Å². The second-order valence-electron chi connectivity index (χ2n) is 10.1. The maximum atomic E-state index is 9.62. The summed E-state index contributed by atoms with van der Waals surface area (Å²) in [5, 5.41) is 18.2. The molecule has 0 atom stereocenters. The molecule has 1 aliphatic heterocycles. The Balaban J connectivity index is 1.38. The van der Waals surface area contributed by atoms with Gasteiger partial charge >= 0.3 is 0 Å². The number of rotatable bonds is 12. The molecule has 0 amide bonds. The van der Waals surface area contributed by atoms with Gasteiger partial charge in [0, 0.05) is 38.3 Å². The van der Waals surface area contributed by atoms with E-state index in [2.05, 4.69) is 34.3 Å². The average Bonchev–Trinajstić information content (AvgIpc) is 3.28. The minimum atomic E-state index is 0.0359. The Bertz CT molecular complexity index is 1210. The Morgan fingerprint density at radius 2 is 2.08 bits per heavy atom. The number of hydrogen-bond donors (Lipinski definition) is 3. The van der Waals surface area contributed by atoms with E-state index >= 15 is 0 Å². The molecule has 10 heteroatoms. The lowest BCUT2D eigenvalue weighted by atomic mass is 9.88. The highest BCUT2D eigenvalue weighted by Crippen LogP contribution is 2.34. The highest BCUT2D eigenvalue weighted by atomic mass is 16.5. The molecule has 1 fully saturated rings. The van der Waals surface area contributed by atoms with Crippen LogP contribution >= 0.6 is 0 Å². The zero-order valence-corrected chi connectivity index (χ0v) is 21.9. The van der Waals surface area contributed by atoms with Crippen molar-refractivity contribution >= 4 is 22.8 Å². The number of anilines is 2. The number of ether oxygens (including phenoxy) is 2. The van der Waals surface area contributed by atoms with Gasteiger partial charge in [-0.15, -0.1) is 0 Å². The van der Waals surface area contributed by atoms with Crippen LogP contribution in [-0.4, -0.2) is 70.4 Å². The molecule has 37 heavy (non-hydrogen) atoms. The van der Waals surface area contributed by atoms with E-state index in [0.29, 0.717) is 42.1 Å². The quantitative estimate of drug-likeness (QED) is 0.338. The SMILES string of the molecule is CCCCN(CCO)c1nc(N)nc2cn(Cc3ccc(CNC4CC(OC)C4)c4c3OCCC4)nc12. The second kappa shape index (κ2) is 11.6. The Morgan fingerprint density at radius 3 is 2.86 bits per heavy atom. The molecule has 0 radical (unpaired) electrons. The second-order valence-corrected chi connectivity index (χ2v) is 10.1. The Labute approximate surface area is 218 Å². The van der Waals surface area contributed by atoms with Gasteiger partial charge in [0.1, 0.15) is 11.3 Å². The number of nitrogens with two attached hydrogens (primary N) is 1. The molecule has 1 saturated carbocycles. The first-order valence-electron chi connectivity index (χ1n) is 13.5. The minimum absolute atomic E-state index is 0.0359. The van der Waals surface area contributed by atoms with Crippen LogP contribution in [0.2, 0.25) is 0 Å². The summed E-state index contributed by atoms with van der Waals surface area (Å²) >= 11 is 0. The number of fused-ring (bicyclic) bond motifs is 2. The molecule has 1 aliphatic carbocycles. The number of hydrogen-bond acceptors (Lipinski definition) is 9. The minimum Gasteiger partial charge on any atom is -0.493 e. The molecule has 0 bridgehead atoms. The first-order chi connectivity index (χ1) is 18.1. The summed E-state index contributed by atoms with van der Waals surface area (Å²) in [5.41, 5.74) is 11.2. The van der Waals surface area contributed by atoms with Gasteiger partial charge in [-0.05, 0) is 43.2 Å². The normalized spacial score (nSPS) is 18.9. The molecule has 0 unspecified atom stereocenters. The van der Waals surface area contributed by atoms with E-state index in [-0.39, 0.29) is 12.6 Å². The van der Waals surface area contributed by atoms with E-state index in [1.807, 2.05) is 15.8 Å². The number of nitrogen functional groups attached to an aromatic ring is 1. The maximum absolute atomic E-state index is 9.62. The molecule has 200 valence electrons. The lowest BCUT2D eigenvalue weighted by Crippen LogP contribution is -2.44. The van der Waals surface area contributed by atoms with E-state index in [1.54, 1.807) is 7.11 Å². The van der Waals surface area contributed by atoms with Crippen LogP contribution in [0.5, 0.6) is 5.75 Å². The van der Waals surface area contributed by atoms with Crippen molar-refractivity contribution in [2.45, 2.75) is 70.7 Å². The van der Waals surface area contributed by atoms with Gasteiger partial charge in [0.15, 0.2) is 11.3 Å². The number of aromatic nitrogens is 4. The largest absolute Gasteiger partial charge is 0.493 e. The maximum Gasteiger partial charge on any atom is 0.222 e. The molecule has 5 rings (SSSR count). The van der Waals surface area contributed by atoms with Gasteiger partial charge in [-0.1, -0.05) is 25.5 Å². The summed E-state index contributed by atoms with van der Waals surface area (Å²) in [6.07, 6.45) is 8.54. The van der Waals surface area contributed by atoms with E-state index in [4.69, 9.17) is 20.3 Å². The Morgan fingerprint density at radius 1 is 1.24 bits per heavy atom. The summed E-state index contributed by atoms with van der Waals surface area (Å²) in [4.78, 5) is 11.0.